The fourth-order valence-electron chi connectivity index (χ4n) is 3.17. The molecule has 28 heavy (non-hydrogen) atoms. The third-order valence-corrected chi connectivity index (χ3v) is 5.94. The molecule has 0 radical (unpaired) electrons. The minimum Gasteiger partial charge on any atom is -0.493 e. The summed E-state index contributed by atoms with van der Waals surface area (Å²) in [7, 11) is 5.37. The first-order chi connectivity index (χ1) is 13.5. The van der Waals surface area contributed by atoms with Crippen molar-refractivity contribution in [2.45, 2.75) is 33.6 Å². The molecule has 3 rings (SSSR count). The van der Waals surface area contributed by atoms with E-state index in [1.165, 1.54) is 5.56 Å². The van der Waals surface area contributed by atoms with Gasteiger partial charge in [0, 0.05) is 13.1 Å². The number of thiophene rings is 1. The van der Waals surface area contributed by atoms with Crippen LogP contribution in [0.25, 0.3) is 10.7 Å². The van der Waals surface area contributed by atoms with Crippen LogP contribution in [-0.2, 0) is 19.8 Å². The zero-order valence-electron chi connectivity index (χ0n) is 16.9. The van der Waals surface area contributed by atoms with E-state index in [4.69, 9.17) is 26.8 Å². The Balaban J connectivity index is 1.83. The van der Waals surface area contributed by atoms with Gasteiger partial charge in [0.1, 0.15) is 0 Å². The Morgan fingerprint density at radius 3 is 2.54 bits per heavy atom. The summed E-state index contributed by atoms with van der Waals surface area (Å²) in [4.78, 5) is 3.32. The molecule has 0 saturated heterocycles. The molecule has 0 aliphatic rings. The Morgan fingerprint density at radius 1 is 1.21 bits per heavy atom. The Kier molecular flexibility index (Phi) is 6.53. The van der Waals surface area contributed by atoms with Gasteiger partial charge < -0.3 is 9.47 Å². The van der Waals surface area contributed by atoms with Crippen LogP contribution >= 0.6 is 23.6 Å². The number of methoxy groups -OCH3 is 2. The van der Waals surface area contributed by atoms with Gasteiger partial charge in [0.05, 0.1) is 25.8 Å². The molecule has 0 saturated carbocycles. The first kappa shape index (κ1) is 20.6. The fourth-order valence-corrected chi connectivity index (χ4v) is 4.20. The Morgan fingerprint density at radius 2 is 1.93 bits per heavy atom. The van der Waals surface area contributed by atoms with Crippen molar-refractivity contribution in [1.29, 1.82) is 0 Å². The molecule has 0 fully saturated rings. The first-order valence-electron chi connectivity index (χ1n) is 9.10. The van der Waals surface area contributed by atoms with Crippen LogP contribution in [0.5, 0.6) is 11.5 Å². The van der Waals surface area contributed by atoms with Crippen LogP contribution < -0.4 is 9.47 Å². The first-order valence-corrected chi connectivity index (χ1v) is 10.4. The molecule has 0 amide bonds. The number of hydrogen-bond donors (Lipinski definition) is 0. The van der Waals surface area contributed by atoms with Gasteiger partial charge in [-0.25, -0.2) is 4.68 Å². The van der Waals surface area contributed by atoms with Crippen molar-refractivity contribution in [3.8, 4) is 22.2 Å². The molecular weight excluding hydrogens is 392 g/mol. The monoisotopic (exact) mass is 418 g/mol. The van der Waals surface area contributed by atoms with Crippen LogP contribution in [0.1, 0.15) is 18.1 Å². The number of hydrogen-bond acceptors (Lipinski definition) is 6. The lowest BCUT2D eigenvalue weighted by molar-refractivity contribution is 0.243. The van der Waals surface area contributed by atoms with Crippen LogP contribution in [0.3, 0.4) is 0 Å². The lowest BCUT2D eigenvalue weighted by Gasteiger charge is -2.19. The van der Waals surface area contributed by atoms with Crippen LogP contribution in [0, 0.1) is 11.7 Å². The van der Waals surface area contributed by atoms with E-state index in [-0.39, 0.29) is 0 Å². The Labute approximate surface area is 174 Å². The second-order valence-electron chi connectivity index (χ2n) is 6.62. The number of rotatable bonds is 8. The molecular formula is C20H26N4O2S2. The van der Waals surface area contributed by atoms with E-state index in [9.17, 15) is 0 Å². The molecule has 0 aliphatic heterocycles. The molecule has 0 bridgehead atoms. The van der Waals surface area contributed by atoms with Gasteiger partial charge in [0.15, 0.2) is 22.1 Å². The number of ether oxygens (including phenoxy) is 2. The highest BCUT2D eigenvalue weighted by atomic mass is 32.1. The SMILES string of the molecule is CCn1c(-c2cccs2)nn(CN(C)Cc2cc(OC)c(OC)cc2C)c1=S. The van der Waals surface area contributed by atoms with Crippen molar-refractivity contribution in [2.75, 3.05) is 21.3 Å². The summed E-state index contributed by atoms with van der Waals surface area (Å²) in [6.07, 6.45) is 0. The Bertz CT molecular complexity index is 993. The molecule has 2 heterocycles. The van der Waals surface area contributed by atoms with E-state index in [1.807, 2.05) is 22.9 Å². The van der Waals surface area contributed by atoms with Gasteiger partial charge in [-0.05, 0) is 67.8 Å². The van der Waals surface area contributed by atoms with Crippen LogP contribution in [0.2, 0.25) is 0 Å². The molecule has 0 unspecified atom stereocenters. The molecule has 1 aromatic carbocycles. The summed E-state index contributed by atoms with van der Waals surface area (Å²) in [5, 5.41) is 6.85. The third-order valence-electron chi connectivity index (χ3n) is 4.64. The van der Waals surface area contributed by atoms with E-state index in [0.717, 1.165) is 45.6 Å². The van der Waals surface area contributed by atoms with Gasteiger partial charge in [0.25, 0.3) is 0 Å². The largest absolute Gasteiger partial charge is 0.493 e. The lowest BCUT2D eigenvalue weighted by Crippen LogP contribution is -2.23. The summed E-state index contributed by atoms with van der Waals surface area (Å²) in [6, 6.07) is 8.16. The molecule has 0 aliphatic carbocycles. The second-order valence-corrected chi connectivity index (χ2v) is 7.93. The standard InChI is InChI=1S/C20H26N4O2S2/c1-6-23-19(18-8-7-9-28-18)21-24(20(23)27)13-22(3)12-15-11-17(26-5)16(25-4)10-14(15)2/h7-11H,6,12-13H2,1-5H3. The quantitative estimate of drug-likeness (QED) is 0.501. The van der Waals surface area contributed by atoms with E-state index < -0.39 is 0 Å². The van der Waals surface area contributed by atoms with E-state index in [1.54, 1.807) is 25.6 Å². The average Bonchev–Trinajstić information content (AvgIpc) is 3.31. The second kappa shape index (κ2) is 8.89. The van der Waals surface area contributed by atoms with Gasteiger partial charge in [0.2, 0.25) is 0 Å². The minimum atomic E-state index is 0.609. The summed E-state index contributed by atoms with van der Waals surface area (Å²) >= 11 is 7.35. The number of aromatic nitrogens is 3. The van der Waals surface area contributed by atoms with Crippen LogP contribution in [0.15, 0.2) is 29.6 Å². The minimum absolute atomic E-state index is 0.609. The Hall–Kier alpha value is -2.16. The summed E-state index contributed by atoms with van der Waals surface area (Å²) in [6.45, 7) is 6.33. The molecule has 3 aromatic rings. The highest BCUT2D eigenvalue weighted by molar-refractivity contribution is 7.71. The van der Waals surface area contributed by atoms with Gasteiger partial charge in [-0.3, -0.25) is 9.47 Å². The number of benzene rings is 1. The molecule has 6 nitrogen and oxygen atoms in total. The molecule has 8 heteroatoms. The summed E-state index contributed by atoms with van der Waals surface area (Å²) in [5.41, 5.74) is 2.34. The maximum atomic E-state index is 5.67. The molecule has 0 N–H and O–H groups in total. The zero-order chi connectivity index (χ0) is 20.3. The average molecular weight is 419 g/mol. The topological polar surface area (TPSA) is 44.5 Å². The molecule has 2 aromatic heterocycles. The van der Waals surface area contributed by atoms with Crippen molar-refractivity contribution in [3.05, 3.63) is 45.5 Å². The molecule has 150 valence electrons. The maximum absolute atomic E-state index is 5.67. The maximum Gasteiger partial charge on any atom is 0.199 e. The van der Waals surface area contributed by atoms with Gasteiger partial charge >= 0.3 is 0 Å². The fraction of sp³-hybridized carbons (Fsp3) is 0.400. The highest BCUT2D eigenvalue weighted by Gasteiger charge is 2.15. The van der Waals surface area contributed by atoms with Crippen molar-refractivity contribution in [2.24, 2.45) is 0 Å². The smallest absolute Gasteiger partial charge is 0.199 e. The van der Waals surface area contributed by atoms with Gasteiger partial charge in [-0.2, -0.15) is 0 Å². The van der Waals surface area contributed by atoms with Crippen molar-refractivity contribution >= 4 is 23.6 Å². The van der Waals surface area contributed by atoms with Crippen molar-refractivity contribution in [3.63, 3.8) is 0 Å². The lowest BCUT2D eigenvalue weighted by atomic mass is 10.1. The van der Waals surface area contributed by atoms with Gasteiger partial charge in [-0.1, -0.05) is 6.07 Å². The van der Waals surface area contributed by atoms with Crippen molar-refractivity contribution < 1.29 is 9.47 Å². The number of aryl methyl sites for hydroxylation is 1. The van der Waals surface area contributed by atoms with E-state index >= 15 is 0 Å². The molecule has 0 atom stereocenters. The third kappa shape index (κ3) is 4.14. The summed E-state index contributed by atoms with van der Waals surface area (Å²) < 4.78 is 15.5. The van der Waals surface area contributed by atoms with Crippen LogP contribution in [0.4, 0.5) is 0 Å². The van der Waals surface area contributed by atoms with E-state index in [2.05, 4.69) is 41.8 Å². The zero-order valence-corrected chi connectivity index (χ0v) is 18.6. The van der Waals surface area contributed by atoms with Gasteiger partial charge in [-0.15, -0.1) is 16.4 Å². The van der Waals surface area contributed by atoms with E-state index in [0.29, 0.717) is 6.67 Å². The van der Waals surface area contributed by atoms with Crippen LogP contribution in [-0.4, -0.2) is 40.5 Å². The number of nitrogens with zero attached hydrogens (tertiary/aromatic N) is 4. The van der Waals surface area contributed by atoms with Crippen molar-refractivity contribution in [1.82, 2.24) is 19.2 Å². The highest BCUT2D eigenvalue weighted by Crippen LogP contribution is 2.31. The predicted molar refractivity (Wildman–Crippen MR) is 116 cm³/mol. The molecule has 0 spiro atoms. The summed E-state index contributed by atoms with van der Waals surface area (Å²) in [5.74, 6) is 2.41. The predicted octanol–water partition coefficient (Wildman–Crippen LogP) is 4.58. The normalized spacial score (nSPS) is 11.2.